The zero-order valence-electron chi connectivity index (χ0n) is 11.9. The third-order valence-corrected chi connectivity index (χ3v) is 4.34. The lowest BCUT2D eigenvalue weighted by Gasteiger charge is -2.36. The Morgan fingerprint density at radius 1 is 1.16 bits per heavy atom. The van der Waals surface area contributed by atoms with E-state index in [1.165, 1.54) is 0 Å². The maximum absolute atomic E-state index is 12.4. The first-order chi connectivity index (χ1) is 9.11. The number of hydrogen-bond donors (Lipinski definition) is 2. The van der Waals surface area contributed by atoms with Crippen LogP contribution in [-0.2, 0) is 9.59 Å². The van der Waals surface area contributed by atoms with E-state index in [-0.39, 0.29) is 23.8 Å². The van der Waals surface area contributed by atoms with E-state index >= 15 is 0 Å². The number of rotatable bonds is 2. The van der Waals surface area contributed by atoms with Crippen LogP contribution in [0.2, 0.25) is 0 Å². The average Bonchev–Trinajstić information content (AvgIpc) is 2.46. The Morgan fingerprint density at radius 3 is 2.42 bits per heavy atom. The van der Waals surface area contributed by atoms with Gasteiger partial charge in [0.05, 0.1) is 6.04 Å². The van der Waals surface area contributed by atoms with Crippen molar-refractivity contribution in [2.45, 2.75) is 51.1 Å². The molecule has 2 heterocycles. The van der Waals surface area contributed by atoms with E-state index in [2.05, 4.69) is 17.6 Å². The third kappa shape index (κ3) is 3.47. The average molecular weight is 267 g/mol. The molecule has 2 aliphatic heterocycles. The Balaban J connectivity index is 1.83. The van der Waals surface area contributed by atoms with Crippen molar-refractivity contribution in [2.24, 2.45) is 5.92 Å². The molecule has 0 aromatic heterocycles. The molecule has 5 heteroatoms. The van der Waals surface area contributed by atoms with Crippen LogP contribution < -0.4 is 10.6 Å². The van der Waals surface area contributed by atoms with Crippen LogP contribution >= 0.6 is 0 Å². The molecule has 0 aromatic rings. The number of hydrogen-bond acceptors (Lipinski definition) is 3. The summed E-state index contributed by atoms with van der Waals surface area (Å²) in [6.45, 7) is 3.56. The molecule has 0 bridgehead atoms. The molecule has 2 rings (SSSR count). The van der Waals surface area contributed by atoms with Gasteiger partial charge in [0, 0.05) is 32.1 Å². The number of nitrogens with one attached hydrogen (secondary N) is 2. The topological polar surface area (TPSA) is 61.4 Å². The first-order valence-electron chi connectivity index (χ1n) is 7.38. The molecule has 2 fully saturated rings. The van der Waals surface area contributed by atoms with Crippen molar-refractivity contribution in [3.8, 4) is 0 Å². The summed E-state index contributed by atoms with van der Waals surface area (Å²) in [4.78, 5) is 25.9. The smallest absolute Gasteiger partial charge is 0.239 e. The molecule has 2 unspecified atom stereocenters. The molecule has 2 saturated heterocycles. The minimum atomic E-state index is -0.0136. The fourth-order valence-corrected chi connectivity index (χ4v) is 3.12. The predicted molar refractivity (Wildman–Crippen MR) is 73.6 cm³/mol. The molecule has 0 saturated carbocycles. The number of amides is 2. The third-order valence-electron chi connectivity index (χ3n) is 4.34. The lowest BCUT2D eigenvalue weighted by molar-refractivity contribution is -0.138. The van der Waals surface area contributed by atoms with Crippen LogP contribution in [0.5, 0.6) is 0 Å². The van der Waals surface area contributed by atoms with Crippen molar-refractivity contribution < 1.29 is 9.59 Å². The van der Waals surface area contributed by atoms with Crippen molar-refractivity contribution in [1.82, 2.24) is 15.5 Å². The molecule has 2 aliphatic rings. The zero-order valence-corrected chi connectivity index (χ0v) is 11.9. The van der Waals surface area contributed by atoms with Gasteiger partial charge in [-0.1, -0.05) is 0 Å². The summed E-state index contributed by atoms with van der Waals surface area (Å²) in [5.74, 6) is 0.408. The maximum atomic E-state index is 12.4. The summed E-state index contributed by atoms with van der Waals surface area (Å²) in [5.41, 5.74) is 0. The van der Waals surface area contributed by atoms with Gasteiger partial charge in [0.1, 0.15) is 0 Å². The second-order valence-corrected chi connectivity index (χ2v) is 5.77. The highest BCUT2D eigenvalue weighted by Gasteiger charge is 2.32. The molecule has 0 radical (unpaired) electrons. The molecule has 108 valence electrons. The van der Waals surface area contributed by atoms with Crippen molar-refractivity contribution >= 4 is 11.8 Å². The number of carbonyl (C=O) groups excluding carboxylic acids is 2. The van der Waals surface area contributed by atoms with Crippen LogP contribution in [0.15, 0.2) is 0 Å². The Hall–Kier alpha value is -1.10. The molecule has 5 nitrogen and oxygen atoms in total. The van der Waals surface area contributed by atoms with Crippen LogP contribution in [-0.4, -0.2) is 48.9 Å². The summed E-state index contributed by atoms with van der Waals surface area (Å²) in [6.07, 6.45) is 4.79. The van der Waals surface area contributed by atoms with E-state index in [4.69, 9.17) is 0 Å². The normalized spacial score (nSPS) is 29.1. The van der Waals surface area contributed by atoms with Crippen LogP contribution in [0.25, 0.3) is 0 Å². The molecule has 19 heavy (non-hydrogen) atoms. The van der Waals surface area contributed by atoms with Gasteiger partial charge in [0.15, 0.2) is 0 Å². The summed E-state index contributed by atoms with van der Waals surface area (Å²) in [5, 5.41) is 6.08. The highest BCUT2D eigenvalue weighted by atomic mass is 16.2. The molecule has 0 aliphatic carbocycles. The fraction of sp³-hybridized carbons (Fsp3) is 0.857. The van der Waals surface area contributed by atoms with Crippen LogP contribution in [0.4, 0.5) is 0 Å². The zero-order chi connectivity index (χ0) is 13.8. The van der Waals surface area contributed by atoms with Crippen molar-refractivity contribution in [1.29, 1.82) is 0 Å². The molecule has 0 aromatic carbocycles. The molecule has 0 spiro atoms. The first kappa shape index (κ1) is 14.3. The quantitative estimate of drug-likeness (QED) is 0.766. The highest BCUT2D eigenvalue weighted by molar-refractivity contribution is 5.83. The Kier molecular flexibility index (Phi) is 4.80. The van der Waals surface area contributed by atoms with Gasteiger partial charge in [-0.15, -0.1) is 0 Å². The van der Waals surface area contributed by atoms with E-state index in [1.807, 2.05) is 4.90 Å². The molecule has 2 atom stereocenters. The lowest BCUT2D eigenvalue weighted by atomic mass is 9.94. The van der Waals surface area contributed by atoms with Gasteiger partial charge in [-0.2, -0.15) is 0 Å². The summed E-state index contributed by atoms with van der Waals surface area (Å²) < 4.78 is 0. The predicted octanol–water partition coefficient (Wildman–Crippen LogP) is 0.502. The van der Waals surface area contributed by atoms with E-state index in [9.17, 15) is 9.59 Å². The maximum Gasteiger partial charge on any atom is 0.239 e. The summed E-state index contributed by atoms with van der Waals surface area (Å²) >= 11 is 0. The molecular weight excluding hydrogens is 242 g/mol. The van der Waals surface area contributed by atoms with Gasteiger partial charge >= 0.3 is 0 Å². The van der Waals surface area contributed by atoms with E-state index < -0.39 is 0 Å². The monoisotopic (exact) mass is 267 g/mol. The SMILES string of the molecule is CNC(=O)C1CCN(C(=O)C2CCCC(C)N2)CC1. The van der Waals surface area contributed by atoms with Crippen molar-refractivity contribution in [3.63, 3.8) is 0 Å². The number of nitrogens with zero attached hydrogens (tertiary/aromatic N) is 1. The van der Waals surface area contributed by atoms with E-state index in [0.29, 0.717) is 19.1 Å². The van der Waals surface area contributed by atoms with Gasteiger partial charge in [-0.25, -0.2) is 0 Å². The lowest BCUT2D eigenvalue weighted by Crippen LogP contribution is -2.53. The minimum absolute atomic E-state index is 0.0136. The Bertz CT molecular complexity index is 338. The second-order valence-electron chi connectivity index (χ2n) is 5.77. The van der Waals surface area contributed by atoms with Crippen molar-refractivity contribution in [3.05, 3.63) is 0 Å². The standard InChI is InChI=1S/C14H25N3O2/c1-10-4-3-5-12(16-10)14(19)17-8-6-11(7-9-17)13(18)15-2/h10-12,16H,3-9H2,1-2H3,(H,15,18). The number of carbonyl (C=O) groups is 2. The molecular formula is C14H25N3O2. The first-order valence-corrected chi connectivity index (χ1v) is 7.38. The number of piperidine rings is 2. The van der Waals surface area contributed by atoms with Gasteiger partial charge < -0.3 is 15.5 Å². The van der Waals surface area contributed by atoms with Crippen LogP contribution in [0.3, 0.4) is 0 Å². The van der Waals surface area contributed by atoms with E-state index in [0.717, 1.165) is 32.1 Å². The Labute approximate surface area is 115 Å². The van der Waals surface area contributed by atoms with Crippen molar-refractivity contribution in [2.75, 3.05) is 20.1 Å². The minimum Gasteiger partial charge on any atom is -0.359 e. The van der Waals surface area contributed by atoms with Gasteiger partial charge in [-0.05, 0) is 39.0 Å². The fourth-order valence-electron chi connectivity index (χ4n) is 3.12. The number of likely N-dealkylation sites (tertiary alicyclic amines) is 1. The molecule has 2 amide bonds. The van der Waals surface area contributed by atoms with E-state index in [1.54, 1.807) is 7.05 Å². The second kappa shape index (κ2) is 6.37. The van der Waals surface area contributed by atoms with Gasteiger partial charge in [0.2, 0.25) is 11.8 Å². The summed E-state index contributed by atoms with van der Waals surface area (Å²) in [6, 6.07) is 0.423. The Morgan fingerprint density at radius 2 is 1.84 bits per heavy atom. The summed E-state index contributed by atoms with van der Waals surface area (Å²) in [7, 11) is 1.67. The van der Waals surface area contributed by atoms with Gasteiger partial charge in [-0.3, -0.25) is 9.59 Å². The van der Waals surface area contributed by atoms with Crippen LogP contribution in [0, 0.1) is 5.92 Å². The highest BCUT2D eigenvalue weighted by Crippen LogP contribution is 2.20. The van der Waals surface area contributed by atoms with Crippen LogP contribution in [0.1, 0.15) is 39.0 Å². The largest absolute Gasteiger partial charge is 0.359 e. The van der Waals surface area contributed by atoms with Gasteiger partial charge in [0.25, 0.3) is 0 Å². The molecule has 2 N–H and O–H groups in total.